The van der Waals surface area contributed by atoms with Crippen LogP contribution in [0.1, 0.15) is 48.5 Å². The molecule has 1 unspecified atom stereocenters. The van der Waals surface area contributed by atoms with Crippen molar-refractivity contribution in [1.29, 1.82) is 0 Å². The van der Waals surface area contributed by atoms with Gasteiger partial charge in [-0.15, -0.1) is 0 Å². The summed E-state index contributed by atoms with van der Waals surface area (Å²) in [7, 11) is 3.50. The number of nitrogens with zero attached hydrogens (tertiary/aromatic N) is 1. The van der Waals surface area contributed by atoms with Gasteiger partial charge in [-0.25, -0.2) is 0 Å². The van der Waals surface area contributed by atoms with E-state index >= 15 is 0 Å². The third-order valence-electron chi connectivity index (χ3n) is 5.90. The Labute approximate surface area is 150 Å². The fourth-order valence-corrected chi connectivity index (χ4v) is 4.66. The number of hydrogen-bond donors (Lipinski definition) is 1. The van der Waals surface area contributed by atoms with Gasteiger partial charge in [0.15, 0.2) is 0 Å². The molecule has 3 rings (SSSR count). The Morgan fingerprint density at radius 3 is 2.71 bits per heavy atom. The Hall–Kier alpha value is -1.06. The minimum absolute atomic E-state index is 0.0366. The lowest BCUT2D eigenvalue weighted by atomic mass is 9.87. The molecule has 24 heavy (non-hydrogen) atoms. The van der Waals surface area contributed by atoms with Crippen LogP contribution in [-0.4, -0.2) is 38.0 Å². The maximum absolute atomic E-state index is 12.1. The van der Waals surface area contributed by atoms with Gasteiger partial charge in [-0.2, -0.15) is 0 Å². The first-order valence-electron chi connectivity index (χ1n) is 9.12. The van der Waals surface area contributed by atoms with E-state index in [9.17, 15) is 4.79 Å². The molecule has 0 radical (unpaired) electrons. The molecular formula is C20H29ClN2O. The van der Waals surface area contributed by atoms with Crippen molar-refractivity contribution in [2.24, 2.45) is 17.3 Å². The average molecular weight is 349 g/mol. The van der Waals surface area contributed by atoms with Crippen molar-refractivity contribution in [3.63, 3.8) is 0 Å². The van der Waals surface area contributed by atoms with Gasteiger partial charge in [-0.3, -0.25) is 4.79 Å². The molecule has 4 heteroatoms. The van der Waals surface area contributed by atoms with Crippen LogP contribution >= 0.6 is 11.6 Å². The normalized spacial score (nSPS) is 23.1. The molecule has 0 bridgehead atoms. The highest BCUT2D eigenvalue weighted by atomic mass is 35.5. The number of rotatable bonds is 5. The predicted octanol–water partition coefficient (Wildman–Crippen LogP) is 4.00. The van der Waals surface area contributed by atoms with Crippen molar-refractivity contribution in [1.82, 2.24) is 10.2 Å². The van der Waals surface area contributed by atoms with Crippen LogP contribution < -0.4 is 5.32 Å². The van der Waals surface area contributed by atoms with Crippen LogP contribution in [0.3, 0.4) is 0 Å². The highest BCUT2D eigenvalue weighted by Gasteiger charge is 2.53. The Kier molecular flexibility index (Phi) is 5.22. The van der Waals surface area contributed by atoms with Crippen LogP contribution in [0.25, 0.3) is 0 Å². The summed E-state index contributed by atoms with van der Waals surface area (Å²) in [4.78, 5) is 13.6. The van der Waals surface area contributed by atoms with Crippen molar-refractivity contribution in [3.05, 3.63) is 34.3 Å². The molecule has 1 saturated heterocycles. The SMILES string of the molecule is CC(Cc1ccc(C(=O)N(C)C)c(Cl)c1)C[C@@H]1CC12CCNCC2. The van der Waals surface area contributed by atoms with Gasteiger partial charge >= 0.3 is 0 Å². The first kappa shape index (κ1) is 17.8. The lowest BCUT2D eigenvalue weighted by Crippen LogP contribution is -2.29. The van der Waals surface area contributed by atoms with Crippen molar-refractivity contribution >= 4 is 17.5 Å². The molecule has 1 heterocycles. The fraction of sp³-hybridized carbons (Fsp3) is 0.650. The molecule has 1 aromatic carbocycles. The molecule has 1 spiro atoms. The molecule has 2 fully saturated rings. The standard InChI is InChI=1S/C20H29ClN2O/c1-14(11-16-13-20(16)6-8-22-9-7-20)10-15-4-5-17(18(21)12-15)19(24)23(2)3/h4-5,12,14,16,22H,6-11,13H2,1-3H3/t14?,16-/m1/s1. The molecular weight excluding hydrogens is 320 g/mol. The van der Waals surface area contributed by atoms with Gasteiger partial charge in [-0.05, 0) is 80.1 Å². The van der Waals surface area contributed by atoms with Gasteiger partial charge in [0.1, 0.15) is 0 Å². The number of halogens is 1. The van der Waals surface area contributed by atoms with Crippen molar-refractivity contribution in [2.45, 2.75) is 39.0 Å². The number of nitrogens with one attached hydrogen (secondary N) is 1. The lowest BCUT2D eigenvalue weighted by molar-refractivity contribution is 0.0828. The van der Waals surface area contributed by atoms with E-state index in [4.69, 9.17) is 11.6 Å². The molecule has 1 amide bonds. The number of hydrogen-bond acceptors (Lipinski definition) is 2. The maximum Gasteiger partial charge on any atom is 0.254 e. The van der Waals surface area contributed by atoms with Gasteiger partial charge in [0.25, 0.3) is 5.91 Å². The minimum Gasteiger partial charge on any atom is -0.345 e. The van der Waals surface area contributed by atoms with Crippen LogP contribution in [-0.2, 0) is 6.42 Å². The van der Waals surface area contributed by atoms with E-state index in [1.165, 1.54) is 44.3 Å². The summed E-state index contributed by atoms with van der Waals surface area (Å²) in [5.74, 6) is 1.54. The number of piperidine rings is 1. The zero-order chi connectivity index (χ0) is 17.3. The number of amides is 1. The number of benzene rings is 1. The monoisotopic (exact) mass is 348 g/mol. The van der Waals surface area contributed by atoms with E-state index in [2.05, 4.69) is 18.3 Å². The summed E-state index contributed by atoms with van der Waals surface area (Å²) >= 11 is 6.33. The average Bonchev–Trinajstić information content (AvgIpc) is 3.18. The molecule has 3 nitrogen and oxygen atoms in total. The van der Waals surface area contributed by atoms with Crippen LogP contribution in [0, 0.1) is 17.3 Å². The van der Waals surface area contributed by atoms with Crippen LogP contribution in [0.15, 0.2) is 18.2 Å². The van der Waals surface area contributed by atoms with Crippen molar-refractivity contribution < 1.29 is 4.79 Å². The zero-order valence-electron chi connectivity index (χ0n) is 15.1. The van der Waals surface area contributed by atoms with Gasteiger partial charge in [0.05, 0.1) is 10.6 Å². The van der Waals surface area contributed by atoms with Gasteiger partial charge < -0.3 is 10.2 Å². The van der Waals surface area contributed by atoms with Gasteiger partial charge in [-0.1, -0.05) is 24.6 Å². The van der Waals surface area contributed by atoms with Crippen LogP contribution in [0.5, 0.6) is 0 Å². The topological polar surface area (TPSA) is 32.3 Å². The molecule has 2 aliphatic rings. The third kappa shape index (κ3) is 3.78. The molecule has 1 N–H and O–H groups in total. The van der Waals surface area contributed by atoms with Crippen molar-refractivity contribution in [2.75, 3.05) is 27.2 Å². The highest BCUT2D eigenvalue weighted by Crippen LogP contribution is 2.61. The second kappa shape index (κ2) is 7.05. The van der Waals surface area contributed by atoms with E-state index in [1.807, 2.05) is 12.1 Å². The van der Waals surface area contributed by atoms with Crippen LogP contribution in [0.4, 0.5) is 0 Å². The second-order valence-electron chi connectivity index (χ2n) is 8.07. The Morgan fingerprint density at radius 1 is 1.38 bits per heavy atom. The lowest BCUT2D eigenvalue weighted by Gasteiger charge is -2.24. The van der Waals surface area contributed by atoms with E-state index in [-0.39, 0.29) is 5.91 Å². The number of carbonyl (C=O) groups excluding carboxylic acids is 1. The summed E-state index contributed by atoms with van der Waals surface area (Å²) in [6.07, 6.45) is 6.50. The van der Waals surface area contributed by atoms with Gasteiger partial charge in [0.2, 0.25) is 0 Å². The summed E-state index contributed by atoms with van der Waals surface area (Å²) in [6.45, 7) is 4.74. The molecule has 1 aromatic rings. The van der Waals surface area contributed by atoms with Crippen molar-refractivity contribution in [3.8, 4) is 0 Å². The Morgan fingerprint density at radius 2 is 2.08 bits per heavy atom. The molecule has 0 aromatic heterocycles. The molecule has 132 valence electrons. The van der Waals surface area contributed by atoms with Crippen LogP contribution in [0.2, 0.25) is 5.02 Å². The summed E-state index contributed by atoms with van der Waals surface area (Å²) < 4.78 is 0. The summed E-state index contributed by atoms with van der Waals surface area (Å²) in [5, 5.41) is 4.05. The maximum atomic E-state index is 12.1. The predicted molar refractivity (Wildman–Crippen MR) is 99.6 cm³/mol. The Balaban J connectivity index is 1.56. The third-order valence-corrected chi connectivity index (χ3v) is 6.21. The first-order valence-corrected chi connectivity index (χ1v) is 9.50. The van der Waals surface area contributed by atoms with E-state index in [1.54, 1.807) is 19.0 Å². The second-order valence-corrected chi connectivity index (χ2v) is 8.48. The summed E-state index contributed by atoms with van der Waals surface area (Å²) in [5.41, 5.74) is 2.50. The highest BCUT2D eigenvalue weighted by molar-refractivity contribution is 6.33. The molecule has 1 aliphatic carbocycles. The molecule has 1 aliphatic heterocycles. The quantitative estimate of drug-likeness (QED) is 0.872. The van der Waals surface area contributed by atoms with E-state index in [0.717, 1.165) is 12.3 Å². The summed E-state index contributed by atoms with van der Waals surface area (Å²) in [6, 6.07) is 5.91. The smallest absolute Gasteiger partial charge is 0.254 e. The zero-order valence-corrected chi connectivity index (χ0v) is 15.8. The first-order chi connectivity index (χ1) is 11.4. The number of carbonyl (C=O) groups is 1. The fourth-order valence-electron chi connectivity index (χ4n) is 4.37. The van der Waals surface area contributed by atoms with E-state index in [0.29, 0.717) is 21.9 Å². The minimum atomic E-state index is -0.0366. The molecule has 2 atom stereocenters. The van der Waals surface area contributed by atoms with E-state index < -0.39 is 0 Å². The largest absolute Gasteiger partial charge is 0.345 e. The Bertz CT molecular complexity index is 608. The van der Waals surface area contributed by atoms with Gasteiger partial charge in [0, 0.05) is 14.1 Å². The molecule has 1 saturated carbocycles.